The van der Waals surface area contributed by atoms with Crippen LogP contribution in [0.5, 0.6) is 0 Å². The summed E-state index contributed by atoms with van der Waals surface area (Å²) in [5.74, 6) is 0.370. The molecule has 1 aliphatic rings. The molecule has 0 bridgehead atoms. The average Bonchev–Trinajstić information content (AvgIpc) is 3.19. The fourth-order valence-electron chi connectivity index (χ4n) is 2.81. The number of amides is 1. The summed E-state index contributed by atoms with van der Waals surface area (Å²) in [5, 5.41) is -0.207. The molecule has 2 aromatic rings. The molecule has 1 fully saturated rings. The average molecular weight is 370 g/mol. The molecule has 1 aromatic heterocycles. The van der Waals surface area contributed by atoms with Crippen molar-refractivity contribution < 1.29 is 22.7 Å². The van der Waals surface area contributed by atoms with Crippen LogP contribution in [-0.2, 0) is 15.7 Å². The van der Waals surface area contributed by atoms with Gasteiger partial charge in [-0.3, -0.25) is 4.79 Å². The van der Waals surface area contributed by atoms with Crippen molar-refractivity contribution in [3.05, 3.63) is 53.9 Å². The molecule has 25 heavy (non-hydrogen) atoms. The summed E-state index contributed by atoms with van der Waals surface area (Å²) in [7, 11) is 1.56. The van der Waals surface area contributed by atoms with E-state index in [2.05, 4.69) is 0 Å². The van der Waals surface area contributed by atoms with Crippen molar-refractivity contribution in [3.8, 4) is 5.69 Å². The number of ether oxygens (including phenoxy) is 1. The maximum Gasteiger partial charge on any atom is 0.418 e. The number of aromatic nitrogens is 1. The molecule has 1 atom stereocenters. The minimum atomic E-state index is -4.43. The molecule has 0 unspecified atom stereocenters. The van der Waals surface area contributed by atoms with Crippen LogP contribution in [0.3, 0.4) is 0 Å². The summed E-state index contributed by atoms with van der Waals surface area (Å²) in [6.45, 7) is 0.873. The molecule has 1 aliphatic heterocycles. The number of halogens is 3. The summed E-state index contributed by atoms with van der Waals surface area (Å²) < 4.78 is 46.1. The van der Waals surface area contributed by atoms with Crippen molar-refractivity contribution in [3.63, 3.8) is 0 Å². The number of hydrogen-bond donors (Lipinski definition) is 0. The van der Waals surface area contributed by atoms with E-state index in [-0.39, 0.29) is 17.0 Å². The van der Waals surface area contributed by atoms with E-state index in [1.54, 1.807) is 36.5 Å². The molecule has 4 nitrogen and oxygen atoms in total. The molecule has 0 aliphatic carbocycles. The molecule has 3 rings (SSSR count). The van der Waals surface area contributed by atoms with Crippen LogP contribution in [0.15, 0.2) is 42.7 Å². The van der Waals surface area contributed by atoms with Crippen LogP contribution in [-0.4, -0.2) is 41.4 Å². The number of nitrogens with zero attached hydrogens (tertiary/aromatic N) is 2. The van der Waals surface area contributed by atoms with Gasteiger partial charge in [-0.15, -0.1) is 11.8 Å². The molecule has 1 aromatic carbocycles. The SMILES string of the molecule is COCCN1C(=O)CS[C@@H]1c1ccn(-c2ccccc2C(F)(F)F)c1. The van der Waals surface area contributed by atoms with Gasteiger partial charge < -0.3 is 14.2 Å². The summed E-state index contributed by atoms with van der Waals surface area (Å²) in [5.41, 5.74) is 0.173. The third-order valence-corrected chi connectivity index (χ3v) is 5.25. The van der Waals surface area contributed by atoms with Crippen LogP contribution in [0.25, 0.3) is 5.69 Å². The Bertz CT molecular complexity index is 760. The van der Waals surface area contributed by atoms with Gasteiger partial charge in [0, 0.05) is 31.6 Å². The van der Waals surface area contributed by atoms with E-state index in [4.69, 9.17) is 4.74 Å². The first kappa shape index (κ1) is 17.9. The van der Waals surface area contributed by atoms with Crippen molar-refractivity contribution in [1.82, 2.24) is 9.47 Å². The monoisotopic (exact) mass is 370 g/mol. The van der Waals surface area contributed by atoms with Gasteiger partial charge in [-0.2, -0.15) is 13.2 Å². The molecule has 2 heterocycles. The van der Waals surface area contributed by atoms with Gasteiger partial charge in [0.05, 0.1) is 23.6 Å². The first-order valence-electron chi connectivity index (χ1n) is 7.66. The number of carbonyl (C=O) groups is 1. The lowest BCUT2D eigenvalue weighted by Crippen LogP contribution is -2.31. The lowest BCUT2D eigenvalue weighted by molar-refractivity contribution is -0.137. The Morgan fingerprint density at radius 1 is 1.28 bits per heavy atom. The summed E-state index contributed by atoms with van der Waals surface area (Å²) in [4.78, 5) is 13.7. The second-order valence-corrected chi connectivity index (χ2v) is 6.68. The zero-order valence-corrected chi connectivity index (χ0v) is 14.3. The molecule has 0 spiro atoms. The number of hydrogen-bond acceptors (Lipinski definition) is 3. The standard InChI is InChI=1S/C17H17F3N2O2S/c1-24-9-8-22-15(23)11-25-16(22)12-6-7-21(10-12)14-5-3-2-4-13(14)17(18,19)20/h2-7,10,16H,8-9,11H2,1H3/t16-/m1/s1. The number of thioether (sulfide) groups is 1. The van der Waals surface area contributed by atoms with Crippen LogP contribution < -0.4 is 0 Å². The predicted octanol–water partition coefficient (Wildman–Crippen LogP) is 3.72. The number of rotatable bonds is 5. The van der Waals surface area contributed by atoms with Gasteiger partial charge in [-0.1, -0.05) is 12.1 Å². The van der Waals surface area contributed by atoms with Gasteiger partial charge >= 0.3 is 6.18 Å². The first-order chi connectivity index (χ1) is 11.9. The maximum absolute atomic E-state index is 13.2. The van der Waals surface area contributed by atoms with Crippen LogP contribution >= 0.6 is 11.8 Å². The molecule has 0 saturated carbocycles. The fourth-order valence-corrected chi connectivity index (χ4v) is 4.01. The van der Waals surface area contributed by atoms with Crippen molar-refractivity contribution in [1.29, 1.82) is 0 Å². The van der Waals surface area contributed by atoms with Crippen molar-refractivity contribution in [2.45, 2.75) is 11.6 Å². The van der Waals surface area contributed by atoms with E-state index in [1.807, 2.05) is 0 Å². The molecule has 1 amide bonds. The largest absolute Gasteiger partial charge is 0.418 e. The van der Waals surface area contributed by atoms with Crippen LogP contribution in [0.1, 0.15) is 16.5 Å². The van der Waals surface area contributed by atoms with Gasteiger partial charge in [0.15, 0.2) is 0 Å². The smallest absolute Gasteiger partial charge is 0.383 e. The van der Waals surface area contributed by atoms with Gasteiger partial charge in [0.2, 0.25) is 5.91 Å². The molecule has 8 heteroatoms. The molecule has 134 valence electrons. The third kappa shape index (κ3) is 3.69. The fraction of sp³-hybridized carbons (Fsp3) is 0.353. The molecular weight excluding hydrogens is 353 g/mol. The first-order valence-corrected chi connectivity index (χ1v) is 8.71. The number of alkyl halides is 3. The number of benzene rings is 1. The summed E-state index contributed by atoms with van der Waals surface area (Å²) in [6, 6.07) is 7.19. The molecule has 0 radical (unpaired) electrons. The quantitative estimate of drug-likeness (QED) is 0.805. The predicted molar refractivity (Wildman–Crippen MR) is 89.6 cm³/mol. The Hall–Kier alpha value is -1.93. The van der Waals surface area contributed by atoms with Gasteiger partial charge in [-0.05, 0) is 18.2 Å². The summed E-state index contributed by atoms with van der Waals surface area (Å²) >= 11 is 1.47. The Balaban J connectivity index is 1.90. The second kappa shape index (κ2) is 7.13. The Morgan fingerprint density at radius 3 is 2.76 bits per heavy atom. The molecular formula is C17H17F3N2O2S. The maximum atomic E-state index is 13.2. The highest BCUT2D eigenvalue weighted by molar-refractivity contribution is 8.00. The number of carbonyl (C=O) groups excluding carboxylic acids is 1. The van der Waals surface area contributed by atoms with E-state index >= 15 is 0 Å². The summed E-state index contributed by atoms with van der Waals surface area (Å²) in [6.07, 6.45) is -1.18. The Kier molecular flexibility index (Phi) is 5.10. The lowest BCUT2D eigenvalue weighted by Gasteiger charge is -2.22. The zero-order chi connectivity index (χ0) is 18.0. The van der Waals surface area contributed by atoms with Gasteiger partial charge in [0.1, 0.15) is 5.37 Å². The van der Waals surface area contributed by atoms with Gasteiger partial charge in [-0.25, -0.2) is 0 Å². The molecule has 1 saturated heterocycles. The minimum Gasteiger partial charge on any atom is -0.383 e. The second-order valence-electron chi connectivity index (χ2n) is 5.61. The Labute approximate surface area is 147 Å². The normalized spacial score (nSPS) is 18.2. The Morgan fingerprint density at radius 2 is 2.04 bits per heavy atom. The van der Waals surface area contributed by atoms with E-state index in [0.717, 1.165) is 11.6 Å². The van der Waals surface area contributed by atoms with E-state index in [9.17, 15) is 18.0 Å². The van der Waals surface area contributed by atoms with Crippen molar-refractivity contribution >= 4 is 17.7 Å². The van der Waals surface area contributed by atoms with E-state index in [0.29, 0.717) is 18.9 Å². The molecule has 0 N–H and O–H groups in total. The van der Waals surface area contributed by atoms with E-state index in [1.165, 1.54) is 28.5 Å². The van der Waals surface area contributed by atoms with Crippen molar-refractivity contribution in [2.75, 3.05) is 26.0 Å². The van der Waals surface area contributed by atoms with Crippen LogP contribution in [0, 0.1) is 0 Å². The highest BCUT2D eigenvalue weighted by Gasteiger charge is 2.35. The number of para-hydroxylation sites is 1. The van der Waals surface area contributed by atoms with E-state index < -0.39 is 11.7 Å². The number of methoxy groups -OCH3 is 1. The third-order valence-electron chi connectivity index (χ3n) is 3.99. The van der Waals surface area contributed by atoms with Crippen LogP contribution in [0.2, 0.25) is 0 Å². The highest BCUT2D eigenvalue weighted by atomic mass is 32.2. The lowest BCUT2D eigenvalue weighted by atomic mass is 10.1. The highest BCUT2D eigenvalue weighted by Crippen LogP contribution is 2.39. The van der Waals surface area contributed by atoms with Gasteiger partial charge in [0.25, 0.3) is 0 Å². The zero-order valence-electron chi connectivity index (χ0n) is 13.5. The van der Waals surface area contributed by atoms with Crippen molar-refractivity contribution in [2.24, 2.45) is 0 Å². The van der Waals surface area contributed by atoms with Crippen LogP contribution in [0.4, 0.5) is 13.2 Å². The minimum absolute atomic E-state index is 0.00971. The topological polar surface area (TPSA) is 34.5 Å².